The van der Waals surface area contributed by atoms with Crippen LogP contribution in [0.25, 0.3) is 28.0 Å². The Morgan fingerprint density at radius 1 is 1.14 bits per heavy atom. The molecule has 1 aliphatic heterocycles. The zero-order valence-corrected chi connectivity index (χ0v) is 27.1. The third kappa shape index (κ3) is 8.47. The van der Waals surface area contributed by atoms with Crippen LogP contribution in [0.3, 0.4) is 0 Å². The van der Waals surface area contributed by atoms with E-state index in [9.17, 15) is 18.0 Å². The standard InChI is InChI=1S/C35H40F5N7O2/c1-19(41)43-13-12-23-5-3-7-29(44-23)25-11-10-24(17-27(25)36)47-18-22-16-30(45-33(22)46-34(47)48)26-14-20(4-2-6-28(42)21-8-9-21)15-31(32(26)37)49-35(38,39)40/h10-11,14-18,21,23,28-29,44H,2-9,12-13,42H2,1H3,(H2,41,43)(H,45,46,48)/t23-,28?,29-/m0/s1. The molecule has 0 bridgehead atoms. The summed E-state index contributed by atoms with van der Waals surface area (Å²) >= 11 is 0. The molecule has 2 aromatic carbocycles. The first-order valence-electron chi connectivity index (χ1n) is 16.6. The molecule has 1 aliphatic carbocycles. The quantitative estimate of drug-likeness (QED) is 0.0757. The van der Waals surface area contributed by atoms with Crippen molar-refractivity contribution in [1.82, 2.24) is 19.9 Å². The Labute approximate surface area is 280 Å². The number of nitrogens with two attached hydrogens (primary N) is 2. The van der Waals surface area contributed by atoms with E-state index < -0.39 is 29.4 Å². The zero-order chi connectivity index (χ0) is 34.9. The summed E-state index contributed by atoms with van der Waals surface area (Å²) in [7, 11) is 0. The minimum absolute atomic E-state index is 0.0242. The number of hydrogen-bond acceptors (Lipinski definition) is 6. The molecule has 6 rings (SSSR count). The number of halogens is 5. The molecule has 9 nitrogen and oxygen atoms in total. The number of piperidine rings is 1. The lowest BCUT2D eigenvalue weighted by molar-refractivity contribution is -0.275. The molecule has 4 aromatic rings. The van der Waals surface area contributed by atoms with Crippen molar-refractivity contribution in [3.8, 4) is 22.7 Å². The fourth-order valence-corrected chi connectivity index (χ4v) is 6.66. The topological polar surface area (TPSA) is 136 Å². The molecule has 49 heavy (non-hydrogen) atoms. The van der Waals surface area contributed by atoms with E-state index in [0.717, 1.165) is 44.6 Å². The summed E-state index contributed by atoms with van der Waals surface area (Å²) in [6, 6.07) is 8.53. The highest BCUT2D eigenvalue weighted by atomic mass is 19.4. The fourth-order valence-electron chi connectivity index (χ4n) is 6.66. The molecule has 1 saturated carbocycles. The second kappa shape index (κ2) is 14.3. The number of fused-ring (bicyclic) bond motifs is 1. The molecule has 262 valence electrons. The zero-order valence-electron chi connectivity index (χ0n) is 27.1. The van der Waals surface area contributed by atoms with Crippen molar-refractivity contribution in [3.05, 3.63) is 75.8 Å². The van der Waals surface area contributed by atoms with Crippen LogP contribution >= 0.6 is 0 Å². The highest BCUT2D eigenvalue weighted by Gasteiger charge is 2.34. The van der Waals surface area contributed by atoms with Gasteiger partial charge in [0.15, 0.2) is 11.6 Å². The number of H-pyrrole nitrogens is 1. The van der Waals surface area contributed by atoms with Crippen LogP contribution < -0.4 is 27.2 Å². The van der Waals surface area contributed by atoms with Gasteiger partial charge in [-0.05, 0) is 100 Å². The average molecular weight is 686 g/mol. The SMILES string of the molecule is CC(N)=NCC[C@@H]1CCC[C@@H](c2ccc(-n3cc4cc(-c5cc(CCCC(N)C6CC6)cc(OC(F)(F)F)c5F)[nH]c4nc3=O)cc2F)N1. The Kier molecular flexibility index (Phi) is 10.1. The van der Waals surface area contributed by atoms with Crippen LogP contribution in [0.15, 0.2) is 52.4 Å². The number of aromatic amines is 1. The summed E-state index contributed by atoms with van der Waals surface area (Å²) in [6.07, 6.45) is 3.58. The normalized spacial score (nSPS) is 19.4. The van der Waals surface area contributed by atoms with Crippen molar-refractivity contribution in [3.63, 3.8) is 0 Å². The Hall–Kier alpha value is -4.30. The Morgan fingerprint density at radius 3 is 2.65 bits per heavy atom. The molecule has 0 amide bonds. The highest BCUT2D eigenvalue weighted by Crippen LogP contribution is 2.37. The van der Waals surface area contributed by atoms with Gasteiger partial charge >= 0.3 is 12.1 Å². The summed E-state index contributed by atoms with van der Waals surface area (Å²) in [5, 5.41) is 3.87. The van der Waals surface area contributed by atoms with Gasteiger partial charge < -0.3 is 26.5 Å². The number of ether oxygens (including phenoxy) is 1. The number of nitrogens with one attached hydrogen (secondary N) is 2. The van der Waals surface area contributed by atoms with Crippen LogP contribution in [0, 0.1) is 17.6 Å². The van der Waals surface area contributed by atoms with Crippen molar-refractivity contribution in [2.45, 2.75) is 89.2 Å². The van der Waals surface area contributed by atoms with Gasteiger partial charge in [0.1, 0.15) is 11.5 Å². The van der Waals surface area contributed by atoms with Gasteiger partial charge in [-0.15, -0.1) is 13.2 Å². The van der Waals surface area contributed by atoms with E-state index >= 15 is 8.78 Å². The summed E-state index contributed by atoms with van der Waals surface area (Å²) in [5.41, 5.74) is 12.3. The second-order valence-corrected chi connectivity index (χ2v) is 13.1. The summed E-state index contributed by atoms with van der Waals surface area (Å²) in [6.45, 7) is 2.32. The molecule has 3 atom stereocenters. The number of hydrogen-bond donors (Lipinski definition) is 4. The molecule has 0 spiro atoms. The van der Waals surface area contributed by atoms with Gasteiger partial charge in [0, 0.05) is 47.4 Å². The number of aromatic nitrogens is 3. The van der Waals surface area contributed by atoms with Crippen LogP contribution in [-0.4, -0.2) is 45.4 Å². The molecule has 2 fully saturated rings. The van der Waals surface area contributed by atoms with Gasteiger partial charge in [0.25, 0.3) is 0 Å². The number of amidine groups is 1. The minimum Gasteiger partial charge on any atom is -0.403 e. The van der Waals surface area contributed by atoms with E-state index in [1.54, 1.807) is 19.1 Å². The third-order valence-corrected chi connectivity index (χ3v) is 9.31. The highest BCUT2D eigenvalue weighted by molar-refractivity contribution is 5.83. The third-order valence-electron chi connectivity index (χ3n) is 9.31. The molecule has 3 heterocycles. The predicted octanol–water partition coefficient (Wildman–Crippen LogP) is 6.57. The van der Waals surface area contributed by atoms with E-state index in [2.05, 4.69) is 25.0 Å². The smallest absolute Gasteiger partial charge is 0.403 e. The van der Waals surface area contributed by atoms with Crippen molar-refractivity contribution >= 4 is 16.9 Å². The predicted molar refractivity (Wildman–Crippen MR) is 178 cm³/mol. The number of benzene rings is 2. The van der Waals surface area contributed by atoms with Gasteiger partial charge in [0.2, 0.25) is 0 Å². The van der Waals surface area contributed by atoms with E-state index in [1.165, 1.54) is 29.0 Å². The molecule has 1 saturated heterocycles. The van der Waals surface area contributed by atoms with Crippen LogP contribution in [0.2, 0.25) is 0 Å². The number of aryl methyl sites for hydroxylation is 1. The van der Waals surface area contributed by atoms with Gasteiger partial charge in [-0.25, -0.2) is 13.6 Å². The van der Waals surface area contributed by atoms with E-state index in [0.29, 0.717) is 54.1 Å². The largest absolute Gasteiger partial charge is 0.573 e. The van der Waals surface area contributed by atoms with Crippen molar-refractivity contribution in [2.75, 3.05) is 6.54 Å². The van der Waals surface area contributed by atoms with Gasteiger partial charge in [-0.3, -0.25) is 9.56 Å². The fraction of sp³-hybridized carbons (Fsp3) is 0.457. The van der Waals surface area contributed by atoms with Gasteiger partial charge in [-0.1, -0.05) is 12.5 Å². The summed E-state index contributed by atoms with van der Waals surface area (Å²) in [4.78, 5) is 24.2. The van der Waals surface area contributed by atoms with Gasteiger partial charge in [0.05, 0.1) is 17.2 Å². The molecule has 14 heteroatoms. The molecule has 2 aliphatic rings. The molecule has 6 N–H and O–H groups in total. The number of rotatable bonds is 12. The maximum atomic E-state index is 15.5. The summed E-state index contributed by atoms with van der Waals surface area (Å²) < 4.78 is 75.9. The minimum atomic E-state index is -5.10. The van der Waals surface area contributed by atoms with Crippen molar-refractivity contribution < 1.29 is 26.7 Å². The lowest BCUT2D eigenvalue weighted by atomic mass is 9.91. The number of alkyl halides is 3. The number of nitrogens with zero attached hydrogens (tertiary/aromatic N) is 3. The van der Waals surface area contributed by atoms with Crippen LogP contribution in [0.1, 0.15) is 75.5 Å². The molecule has 1 unspecified atom stereocenters. The molecular weight excluding hydrogens is 645 g/mol. The first kappa shape index (κ1) is 34.6. The maximum absolute atomic E-state index is 15.5. The van der Waals surface area contributed by atoms with Crippen molar-refractivity contribution in [2.24, 2.45) is 22.4 Å². The lowest BCUT2D eigenvalue weighted by Gasteiger charge is -2.31. The average Bonchev–Trinajstić information content (AvgIpc) is 3.81. The van der Waals surface area contributed by atoms with E-state index in [1.807, 2.05) is 0 Å². The Morgan fingerprint density at radius 2 is 1.94 bits per heavy atom. The van der Waals surface area contributed by atoms with E-state index in [4.69, 9.17) is 11.5 Å². The summed E-state index contributed by atoms with van der Waals surface area (Å²) in [5.74, 6) is -1.65. The molecular formula is C35H40F5N7O2. The van der Waals surface area contributed by atoms with Crippen molar-refractivity contribution in [1.29, 1.82) is 0 Å². The molecule has 0 radical (unpaired) electrons. The van der Waals surface area contributed by atoms with E-state index in [-0.39, 0.29) is 40.7 Å². The first-order chi connectivity index (χ1) is 23.3. The first-order valence-corrected chi connectivity index (χ1v) is 16.6. The molecule has 2 aromatic heterocycles. The second-order valence-electron chi connectivity index (χ2n) is 13.1. The van der Waals surface area contributed by atoms with Gasteiger partial charge in [-0.2, -0.15) is 4.98 Å². The Bertz CT molecular complexity index is 1900. The Balaban J connectivity index is 1.25. The van der Waals surface area contributed by atoms with Crippen LogP contribution in [0.5, 0.6) is 5.75 Å². The monoisotopic (exact) mass is 685 g/mol. The van der Waals surface area contributed by atoms with Crippen LogP contribution in [-0.2, 0) is 6.42 Å². The number of aliphatic imine (C=N–C) groups is 1. The lowest BCUT2D eigenvalue weighted by Crippen LogP contribution is -2.37. The maximum Gasteiger partial charge on any atom is 0.573 e. The van der Waals surface area contributed by atoms with Crippen LogP contribution in [0.4, 0.5) is 22.0 Å².